The van der Waals surface area contributed by atoms with Crippen molar-refractivity contribution >= 4 is 22.3 Å². The number of carbonyl (C=O) groups excluding carboxylic acids is 2. The molecule has 0 spiro atoms. The molecule has 1 aliphatic carbocycles. The van der Waals surface area contributed by atoms with Gasteiger partial charge in [-0.3, -0.25) is 9.59 Å². The summed E-state index contributed by atoms with van der Waals surface area (Å²) < 4.78 is 12.7. The second kappa shape index (κ2) is 26.6. The predicted octanol–water partition coefficient (Wildman–Crippen LogP) is 15.3. The zero-order chi connectivity index (χ0) is 38.1. The third kappa shape index (κ3) is 15.2. The van der Waals surface area contributed by atoms with Crippen LogP contribution in [0.4, 0.5) is 0 Å². The third-order valence-electron chi connectivity index (χ3n) is 11.5. The minimum absolute atomic E-state index is 0.120. The molecule has 1 aliphatic rings. The summed E-state index contributed by atoms with van der Waals surface area (Å²) in [5.74, 6) is 0.925. The first-order valence-corrected chi connectivity index (χ1v) is 22.7. The first kappa shape index (κ1) is 43.6. The quantitative estimate of drug-likeness (QED) is 0.0468. The molecular weight excluding hydrogens is 665 g/mol. The van der Waals surface area contributed by atoms with E-state index in [0.29, 0.717) is 47.0 Å². The highest BCUT2D eigenvalue weighted by atomic mass is 16.5. The number of rotatable bonds is 32. The van der Waals surface area contributed by atoms with Crippen molar-refractivity contribution in [2.45, 2.75) is 194 Å². The fraction of sp³-hybridized carbons (Fsp3) is 0.640. The van der Waals surface area contributed by atoms with Crippen LogP contribution in [0.25, 0.3) is 10.8 Å². The Morgan fingerprint density at radius 2 is 0.611 bits per heavy atom. The summed E-state index contributed by atoms with van der Waals surface area (Å²) in [5.41, 5.74) is 1.78. The van der Waals surface area contributed by atoms with Crippen LogP contribution in [0, 0.1) is 0 Å². The number of benzene rings is 3. The van der Waals surface area contributed by atoms with E-state index in [1.54, 1.807) is 12.1 Å². The summed E-state index contributed by atoms with van der Waals surface area (Å²) in [6.07, 6.45) is 36.8. The average molecular weight is 739 g/mol. The van der Waals surface area contributed by atoms with Gasteiger partial charge in [-0.05, 0) is 47.9 Å². The van der Waals surface area contributed by atoms with Crippen LogP contribution in [0.2, 0.25) is 0 Å². The molecular formula is C50H74O4. The fourth-order valence-electron chi connectivity index (χ4n) is 8.02. The van der Waals surface area contributed by atoms with E-state index in [4.69, 9.17) is 9.47 Å². The lowest BCUT2D eigenvalue weighted by atomic mass is 9.82. The van der Waals surface area contributed by atoms with Crippen molar-refractivity contribution in [3.8, 4) is 11.5 Å². The topological polar surface area (TPSA) is 52.6 Å². The second-order valence-electron chi connectivity index (χ2n) is 16.1. The number of fused-ring (bicyclic) bond motifs is 3. The molecule has 4 heteroatoms. The highest BCUT2D eigenvalue weighted by Crippen LogP contribution is 2.38. The number of ketones is 2. The summed E-state index contributed by atoms with van der Waals surface area (Å²) in [6, 6.07) is 15.2. The van der Waals surface area contributed by atoms with Crippen molar-refractivity contribution in [1.82, 2.24) is 0 Å². The first-order valence-electron chi connectivity index (χ1n) is 22.7. The summed E-state index contributed by atoms with van der Waals surface area (Å²) in [6.45, 7) is 5.72. The third-order valence-corrected chi connectivity index (χ3v) is 11.5. The highest BCUT2D eigenvalue weighted by molar-refractivity contribution is 6.29. The van der Waals surface area contributed by atoms with Crippen LogP contribution >= 0.6 is 0 Å². The van der Waals surface area contributed by atoms with Crippen molar-refractivity contribution in [3.05, 3.63) is 70.8 Å². The average Bonchev–Trinajstić information content (AvgIpc) is 3.19. The van der Waals surface area contributed by atoms with Gasteiger partial charge >= 0.3 is 0 Å². The van der Waals surface area contributed by atoms with E-state index in [1.165, 1.54) is 154 Å². The van der Waals surface area contributed by atoms with Crippen LogP contribution in [-0.4, -0.2) is 24.8 Å². The standard InChI is InChI=1S/C50H74O4/c1-3-5-7-9-11-13-15-17-19-21-23-25-27-31-35-53-47-39-45-46(50(52)44-38-42-34-30-29-33-41(42)37-43(44)49(45)51)40-48(47)54-36-32-28-26-24-22-20-18-16-14-12-10-8-6-4-2/h29-30,33-34,37-40H,3-28,31-32,35-36H2,1-2H3. The van der Waals surface area contributed by atoms with Crippen LogP contribution in [0.5, 0.6) is 11.5 Å². The number of ether oxygens (including phenoxy) is 2. The van der Waals surface area contributed by atoms with Gasteiger partial charge in [-0.25, -0.2) is 0 Å². The van der Waals surface area contributed by atoms with Crippen molar-refractivity contribution in [2.24, 2.45) is 0 Å². The van der Waals surface area contributed by atoms with Crippen molar-refractivity contribution in [2.75, 3.05) is 13.2 Å². The zero-order valence-corrected chi connectivity index (χ0v) is 34.5. The van der Waals surface area contributed by atoms with Crippen LogP contribution < -0.4 is 9.47 Å². The van der Waals surface area contributed by atoms with Crippen LogP contribution in [0.1, 0.15) is 225 Å². The maximum atomic E-state index is 13.8. The molecule has 0 unspecified atom stereocenters. The molecule has 0 fully saturated rings. The lowest BCUT2D eigenvalue weighted by molar-refractivity contribution is 0.0978. The summed E-state index contributed by atoms with van der Waals surface area (Å²) >= 11 is 0. The number of unbranched alkanes of at least 4 members (excludes halogenated alkanes) is 26. The molecule has 0 aromatic heterocycles. The molecule has 0 atom stereocenters. The molecule has 3 aromatic carbocycles. The molecule has 0 amide bonds. The SMILES string of the molecule is CCCCCCCCCCCCCCCCOc1cc2c(cc1OCCCCCCCCCCCCCCCC)C(=O)c1cc3ccccc3cc1C2=O. The Hall–Kier alpha value is -3.14. The van der Waals surface area contributed by atoms with E-state index >= 15 is 0 Å². The van der Waals surface area contributed by atoms with Gasteiger partial charge in [0.2, 0.25) is 0 Å². The molecule has 298 valence electrons. The summed E-state index contributed by atoms with van der Waals surface area (Å²) in [7, 11) is 0. The Bertz CT molecular complexity index is 1390. The Morgan fingerprint density at radius 3 is 0.907 bits per heavy atom. The van der Waals surface area contributed by atoms with Crippen LogP contribution in [0.3, 0.4) is 0 Å². The normalized spacial score (nSPS) is 12.3. The lowest BCUT2D eigenvalue weighted by Gasteiger charge is -2.21. The maximum Gasteiger partial charge on any atom is 0.194 e. The molecule has 0 bridgehead atoms. The Labute approximate surface area is 329 Å². The van der Waals surface area contributed by atoms with E-state index in [-0.39, 0.29) is 11.6 Å². The predicted molar refractivity (Wildman–Crippen MR) is 229 cm³/mol. The molecule has 0 N–H and O–H groups in total. The Morgan fingerprint density at radius 1 is 0.352 bits per heavy atom. The molecule has 0 saturated carbocycles. The van der Waals surface area contributed by atoms with Gasteiger partial charge < -0.3 is 9.47 Å². The van der Waals surface area contributed by atoms with Gasteiger partial charge in [0, 0.05) is 22.3 Å². The monoisotopic (exact) mass is 739 g/mol. The van der Waals surface area contributed by atoms with E-state index in [9.17, 15) is 9.59 Å². The minimum atomic E-state index is -0.120. The molecule has 0 saturated heterocycles. The second-order valence-corrected chi connectivity index (χ2v) is 16.1. The summed E-state index contributed by atoms with van der Waals surface area (Å²) in [5, 5.41) is 1.92. The van der Waals surface area contributed by atoms with Crippen molar-refractivity contribution in [1.29, 1.82) is 0 Å². The lowest BCUT2D eigenvalue weighted by Crippen LogP contribution is -2.21. The van der Waals surface area contributed by atoms with Gasteiger partial charge in [-0.2, -0.15) is 0 Å². The van der Waals surface area contributed by atoms with Crippen LogP contribution in [-0.2, 0) is 0 Å². The Balaban J connectivity index is 1.22. The van der Waals surface area contributed by atoms with Gasteiger partial charge in [-0.15, -0.1) is 0 Å². The molecule has 0 aliphatic heterocycles. The van der Waals surface area contributed by atoms with E-state index < -0.39 is 0 Å². The maximum absolute atomic E-state index is 13.8. The van der Waals surface area contributed by atoms with Crippen LogP contribution in [0.15, 0.2) is 48.5 Å². The molecule has 54 heavy (non-hydrogen) atoms. The highest BCUT2D eigenvalue weighted by Gasteiger charge is 2.32. The largest absolute Gasteiger partial charge is 0.490 e. The zero-order valence-electron chi connectivity index (χ0n) is 34.5. The van der Waals surface area contributed by atoms with Gasteiger partial charge in [0.25, 0.3) is 0 Å². The smallest absolute Gasteiger partial charge is 0.194 e. The van der Waals surface area contributed by atoms with E-state index in [2.05, 4.69) is 13.8 Å². The molecule has 4 rings (SSSR count). The number of carbonyl (C=O) groups is 2. The molecule has 4 nitrogen and oxygen atoms in total. The first-order chi connectivity index (χ1) is 26.6. The molecule has 0 radical (unpaired) electrons. The van der Waals surface area contributed by atoms with Gasteiger partial charge in [0.1, 0.15) is 0 Å². The van der Waals surface area contributed by atoms with Gasteiger partial charge in [-0.1, -0.05) is 205 Å². The minimum Gasteiger partial charge on any atom is -0.490 e. The Kier molecular flexibility index (Phi) is 21.5. The summed E-state index contributed by atoms with van der Waals surface area (Å²) in [4.78, 5) is 27.7. The van der Waals surface area contributed by atoms with Gasteiger partial charge in [0.05, 0.1) is 13.2 Å². The van der Waals surface area contributed by atoms with Crippen molar-refractivity contribution < 1.29 is 19.1 Å². The fourth-order valence-corrected chi connectivity index (χ4v) is 8.02. The molecule has 0 heterocycles. The number of hydrogen-bond acceptors (Lipinski definition) is 4. The van der Waals surface area contributed by atoms with E-state index in [0.717, 1.165) is 36.5 Å². The van der Waals surface area contributed by atoms with Crippen molar-refractivity contribution in [3.63, 3.8) is 0 Å². The van der Waals surface area contributed by atoms with Gasteiger partial charge in [0.15, 0.2) is 23.1 Å². The van der Waals surface area contributed by atoms with E-state index in [1.807, 2.05) is 36.4 Å². The number of hydrogen-bond donors (Lipinski definition) is 0. The molecule has 3 aromatic rings.